The van der Waals surface area contributed by atoms with Gasteiger partial charge in [-0.1, -0.05) is 6.07 Å². The Hall–Kier alpha value is -3.33. The lowest BCUT2D eigenvalue weighted by Gasteiger charge is -2.14. The van der Waals surface area contributed by atoms with Gasteiger partial charge in [-0.3, -0.25) is 4.79 Å². The zero-order valence-electron chi connectivity index (χ0n) is 16.1. The maximum absolute atomic E-state index is 12.2. The Morgan fingerprint density at radius 3 is 2.48 bits per heavy atom. The molecule has 27 heavy (non-hydrogen) atoms. The standard InChI is InChI=1S/C21H23N3O3/c1-12(2)23-20(25)17(11-22)10-16-9-13(3)24(15(16)5)19-8-6-7-18(14(19)4)21(26)27/h6-10,12H,1-5H3,(H,23,25)(H,26,27)/b17-10-. The summed E-state index contributed by atoms with van der Waals surface area (Å²) in [6, 6.07) is 8.89. The Kier molecular flexibility index (Phi) is 5.86. The van der Waals surface area contributed by atoms with Crippen LogP contribution in [0.4, 0.5) is 0 Å². The van der Waals surface area contributed by atoms with Crippen LogP contribution in [-0.2, 0) is 4.79 Å². The third-order valence-electron chi connectivity index (χ3n) is 4.33. The van der Waals surface area contributed by atoms with Crippen LogP contribution in [0, 0.1) is 32.1 Å². The fourth-order valence-electron chi connectivity index (χ4n) is 3.05. The summed E-state index contributed by atoms with van der Waals surface area (Å²) in [7, 11) is 0. The Balaban J connectivity index is 2.57. The van der Waals surface area contributed by atoms with Crippen molar-refractivity contribution >= 4 is 18.0 Å². The normalized spacial score (nSPS) is 11.4. The number of nitrogens with zero attached hydrogens (tertiary/aromatic N) is 2. The van der Waals surface area contributed by atoms with E-state index in [9.17, 15) is 20.0 Å². The van der Waals surface area contributed by atoms with Crippen molar-refractivity contribution in [3.63, 3.8) is 0 Å². The van der Waals surface area contributed by atoms with Crippen LogP contribution in [0.1, 0.15) is 46.7 Å². The fourth-order valence-corrected chi connectivity index (χ4v) is 3.05. The first-order valence-electron chi connectivity index (χ1n) is 8.62. The number of carbonyl (C=O) groups is 2. The molecule has 1 heterocycles. The third kappa shape index (κ3) is 4.09. The molecule has 6 nitrogen and oxygen atoms in total. The van der Waals surface area contributed by atoms with Crippen molar-refractivity contribution in [2.75, 3.05) is 0 Å². The molecule has 0 radical (unpaired) electrons. The number of aromatic carboxylic acids is 1. The molecule has 1 amide bonds. The minimum atomic E-state index is -0.978. The first-order valence-corrected chi connectivity index (χ1v) is 8.62. The second kappa shape index (κ2) is 7.92. The van der Waals surface area contributed by atoms with E-state index < -0.39 is 11.9 Å². The zero-order chi connectivity index (χ0) is 20.3. The second-order valence-corrected chi connectivity index (χ2v) is 6.71. The molecule has 2 rings (SSSR count). The fraction of sp³-hybridized carbons (Fsp3) is 0.286. The van der Waals surface area contributed by atoms with E-state index in [-0.39, 0.29) is 17.2 Å². The lowest BCUT2D eigenvalue weighted by Crippen LogP contribution is -2.30. The summed E-state index contributed by atoms with van der Waals surface area (Å²) < 4.78 is 1.93. The van der Waals surface area contributed by atoms with Crippen LogP contribution in [0.25, 0.3) is 11.8 Å². The summed E-state index contributed by atoms with van der Waals surface area (Å²) in [4.78, 5) is 23.6. The molecule has 0 bridgehead atoms. The van der Waals surface area contributed by atoms with Crippen LogP contribution >= 0.6 is 0 Å². The van der Waals surface area contributed by atoms with Crippen molar-refractivity contribution in [3.8, 4) is 11.8 Å². The van der Waals surface area contributed by atoms with Gasteiger partial charge in [0.25, 0.3) is 5.91 Å². The van der Waals surface area contributed by atoms with Crippen molar-refractivity contribution in [2.24, 2.45) is 0 Å². The van der Waals surface area contributed by atoms with Gasteiger partial charge in [0.1, 0.15) is 11.6 Å². The lowest BCUT2D eigenvalue weighted by atomic mass is 10.1. The van der Waals surface area contributed by atoms with E-state index in [0.29, 0.717) is 5.56 Å². The molecule has 6 heteroatoms. The van der Waals surface area contributed by atoms with Gasteiger partial charge < -0.3 is 15.0 Å². The van der Waals surface area contributed by atoms with Gasteiger partial charge in [0.15, 0.2) is 0 Å². The molecule has 0 saturated heterocycles. The van der Waals surface area contributed by atoms with Gasteiger partial charge >= 0.3 is 5.97 Å². The number of rotatable bonds is 5. The highest BCUT2D eigenvalue weighted by Gasteiger charge is 2.17. The number of hydrogen-bond donors (Lipinski definition) is 2. The van der Waals surface area contributed by atoms with Gasteiger partial charge in [0.2, 0.25) is 0 Å². The Labute approximate surface area is 158 Å². The SMILES string of the molecule is Cc1c(C(=O)O)cccc1-n1c(C)cc(/C=C(/C#N)C(=O)NC(C)C)c1C. The molecule has 2 aromatic rings. The predicted molar refractivity (Wildman–Crippen MR) is 104 cm³/mol. The Morgan fingerprint density at radius 1 is 1.26 bits per heavy atom. The van der Waals surface area contributed by atoms with Crippen LogP contribution in [-0.4, -0.2) is 27.6 Å². The number of aromatic nitrogens is 1. The van der Waals surface area contributed by atoms with Crippen LogP contribution in [0.3, 0.4) is 0 Å². The number of carbonyl (C=O) groups excluding carboxylic acids is 1. The number of aryl methyl sites for hydroxylation is 1. The molecular formula is C21H23N3O3. The van der Waals surface area contributed by atoms with Crippen LogP contribution in [0.15, 0.2) is 29.8 Å². The van der Waals surface area contributed by atoms with Crippen molar-refractivity contribution in [1.82, 2.24) is 9.88 Å². The van der Waals surface area contributed by atoms with Gasteiger partial charge in [-0.05, 0) is 70.0 Å². The number of carboxylic acid groups (broad SMARTS) is 1. The summed E-state index contributed by atoms with van der Waals surface area (Å²) in [5.74, 6) is -1.39. The van der Waals surface area contributed by atoms with E-state index in [2.05, 4.69) is 5.32 Å². The van der Waals surface area contributed by atoms with E-state index in [4.69, 9.17) is 0 Å². The van der Waals surface area contributed by atoms with E-state index >= 15 is 0 Å². The largest absolute Gasteiger partial charge is 0.478 e. The summed E-state index contributed by atoms with van der Waals surface area (Å²) in [5, 5.41) is 21.4. The Bertz CT molecular complexity index is 975. The molecular weight excluding hydrogens is 342 g/mol. The molecule has 0 saturated carbocycles. The number of nitriles is 1. The molecule has 0 fully saturated rings. The summed E-state index contributed by atoms with van der Waals surface area (Å²) >= 11 is 0. The Morgan fingerprint density at radius 2 is 1.93 bits per heavy atom. The molecule has 0 unspecified atom stereocenters. The van der Waals surface area contributed by atoms with Gasteiger partial charge in [0.05, 0.1) is 5.56 Å². The van der Waals surface area contributed by atoms with E-state index in [1.165, 1.54) is 0 Å². The maximum atomic E-state index is 12.2. The van der Waals surface area contributed by atoms with E-state index in [1.807, 2.05) is 50.5 Å². The summed E-state index contributed by atoms with van der Waals surface area (Å²) in [5.41, 5.74) is 4.12. The zero-order valence-corrected chi connectivity index (χ0v) is 16.1. The summed E-state index contributed by atoms with van der Waals surface area (Å²) in [6.45, 7) is 9.20. The lowest BCUT2D eigenvalue weighted by molar-refractivity contribution is -0.117. The number of hydrogen-bond acceptors (Lipinski definition) is 3. The van der Waals surface area contributed by atoms with Crippen molar-refractivity contribution in [3.05, 3.63) is 57.9 Å². The molecule has 0 spiro atoms. The second-order valence-electron chi connectivity index (χ2n) is 6.71. The molecule has 0 aliphatic rings. The highest BCUT2D eigenvalue weighted by atomic mass is 16.4. The third-order valence-corrected chi connectivity index (χ3v) is 4.33. The number of benzene rings is 1. The van der Waals surface area contributed by atoms with Crippen molar-refractivity contribution < 1.29 is 14.7 Å². The van der Waals surface area contributed by atoms with E-state index in [1.54, 1.807) is 25.1 Å². The average molecular weight is 365 g/mol. The summed E-state index contributed by atoms with van der Waals surface area (Å²) in [6.07, 6.45) is 1.56. The first kappa shape index (κ1) is 20.0. The van der Waals surface area contributed by atoms with Crippen LogP contribution in [0.5, 0.6) is 0 Å². The number of amides is 1. The van der Waals surface area contributed by atoms with Gasteiger partial charge in [-0.15, -0.1) is 0 Å². The molecule has 0 aliphatic heterocycles. The monoisotopic (exact) mass is 365 g/mol. The molecule has 1 aromatic carbocycles. The van der Waals surface area contributed by atoms with Gasteiger partial charge in [0, 0.05) is 23.1 Å². The maximum Gasteiger partial charge on any atom is 0.336 e. The molecule has 140 valence electrons. The quantitative estimate of drug-likeness (QED) is 0.626. The van der Waals surface area contributed by atoms with E-state index in [0.717, 1.165) is 22.6 Å². The molecule has 2 N–H and O–H groups in total. The predicted octanol–water partition coefficient (Wildman–Crippen LogP) is 3.53. The topological polar surface area (TPSA) is 95.1 Å². The van der Waals surface area contributed by atoms with Gasteiger partial charge in [-0.25, -0.2) is 4.79 Å². The molecule has 1 aromatic heterocycles. The van der Waals surface area contributed by atoms with Crippen LogP contribution < -0.4 is 5.32 Å². The van der Waals surface area contributed by atoms with Crippen molar-refractivity contribution in [2.45, 2.75) is 40.7 Å². The number of nitrogens with one attached hydrogen (secondary N) is 1. The average Bonchev–Trinajstić information content (AvgIpc) is 2.85. The highest BCUT2D eigenvalue weighted by Crippen LogP contribution is 2.26. The minimum Gasteiger partial charge on any atom is -0.478 e. The van der Waals surface area contributed by atoms with Crippen LogP contribution in [0.2, 0.25) is 0 Å². The van der Waals surface area contributed by atoms with Crippen molar-refractivity contribution in [1.29, 1.82) is 5.26 Å². The smallest absolute Gasteiger partial charge is 0.336 e. The number of carboxylic acids is 1. The molecule has 0 aliphatic carbocycles. The first-order chi connectivity index (χ1) is 12.7. The highest BCUT2D eigenvalue weighted by molar-refractivity contribution is 6.02. The van der Waals surface area contributed by atoms with Gasteiger partial charge in [-0.2, -0.15) is 5.26 Å². The molecule has 0 atom stereocenters. The minimum absolute atomic E-state index is 0.0277.